The summed E-state index contributed by atoms with van der Waals surface area (Å²) in [5, 5.41) is 5.83. The van der Waals surface area contributed by atoms with Crippen molar-refractivity contribution in [2.45, 2.75) is 62.8 Å². The number of carbonyl (C=O) groups is 2. The van der Waals surface area contributed by atoms with E-state index >= 15 is 0 Å². The van der Waals surface area contributed by atoms with E-state index in [0.717, 1.165) is 60.7 Å². The Balaban J connectivity index is 1.12. The van der Waals surface area contributed by atoms with Crippen molar-refractivity contribution in [3.8, 4) is 0 Å². The van der Waals surface area contributed by atoms with Gasteiger partial charge in [0.25, 0.3) is 0 Å². The third kappa shape index (κ3) is 4.21. The fourth-order valence-electron chi connectivity index (χ4n) is 7.63. The molecule has 1 aromatic carbocycles. The van der Waals surface area contributed by atoms with Crippen LogP contribution in [0.3, 0.4) is 0 Å². The van der Waals surface area contributed by atoms with E-state index in [0.29, 0.717) is 36.5 Å². The van der Waals surface area contributed by atoms with Crippen LogP contribution in [0, 0.1) is 17.0 Å². The Kier molecular flexibility index (Phi) is 5.96. The van der Waals surface area contributed by atoms with Gasteiger partial charge in [-0.2, -0.15) is 0 Å². The number of benzene rings is 1. The third-order valence-electron chi connectivity index (χ3n) is 9.66. The number of amides is 2. The van der Waals surface area contributed by atoms with Gasteiger partial charge < -0.3 is 15.5 Å². The number of halogens is 2. The van der Waals surface area contributed by atoms with E-state index in [9.17, 15) is 18.4 Å². The molecule has 210 valence electrons. The molecule has 2 atom stereocenters. The maximum atomic E-state index is 14.2. The molecule has 7 rings (SSSR count). The second kappa shape index (κ2) is 9.46. The maximum Gasteiger partial charge on any atom is 0.245 e. The van der Waals surface area contributed by atoms with Crippen molar-refractivity contribution in [3.05, 3.63) is 95.0 Å². The molecule has 2 amide bonds. The highest BCUT2D eigenvalue weighted by atomic mass is 19.1. The van der Waals surface area contributed by atoms with E-state index in [1.807, 2.05) is 23.1 Å². The molecule has 0 bridgehead atoms. The fourth-order valence-corrected chi connectivity index (χ4v) is 7.63. The Hall–Kier alpha value is -4.14. The van der Waals surface area contributed by atoms with Crippen LogP contribution in [0.1, 0.15) is 67.0 Å². The maximum absolute atomic E-state index is 14.2. The smallest absolute Gasteiger partial charge is 0.245 e. The van der Waals surface area contributed by atoms with Crippen LogP contribution < -0.4 is 10.6 Å². The molecule has 9 heteroatoms. The predicted octanol–water partition coefficient (Wildman–Crippen LogP) is 5.59. The summed E-state index contributed by atoms with van der Waals surface area (Å²) in [5.41, 5.74) is 3.18. The van der Waals surface area contributed by atoms with Crippen LogP contribution in [0.5, 0.6) is 0 Å². The highest BCUT2D eigenvalue weighted by Crippen LogP contribution is 2.54. The molecule has 2 aliphatic carbocycles. The Labute approximate surface area is 237 Å². The molecule has 7 nitrogen and oxygen atoms in total. The number of nitrogens with one attached hydrogen (secondary N) is 2. The van der Waals surface area contributed by atoms with Gasteiger partial charge in [-0.25, -0.2) is 18.7 Å². The second-order valence-electron chi connectivity index (χ2n) is 12.0. The lowest BCUT2D eigenvalue weighted by Gasteiger charge is -2.48. The quantitative estimate of drug-likeness (QED) is 0.438. The van der Waals surface area contributed by atoms with Crippen molar-refractivity contribution in [1.82, 2.24) is 14.9 Å². The van der Waals surface area contributed by atoms with Crippen LogP contribution >= 0.6 is 0 Å². The van der Waals surface area contributed by atoms with Gasteiger partial charge in [0, 0.05) is 41.1 Å². The summed E-state index contributed by atoms with van der Waals surface area (Å²) in [6, 6.07) is 10.6. The lowest BCUT2D eigenvalue weighted by Crippen LogP contribution is -2.44. The first kappa shape index (κ1) is 25.8. The SMILES string of the molecule is C=C1N(CC(=O)Nc2ccc3c(n2)CC2(C3)C(=O)Nc3ncccc32)[C@H](c2cc(F)cc(F)c2)CCC12CCCC2. The first-order valence-corrected chi connectivity index (χ1v) is 14.2. The first-order valence-electron chi connectivity index (χ1n) is 14.2. The minimum atomic E-state index is -0.740. The summed E-state index contributed by atoms with van der Waals surface area (Å²) in [7, 11) is 0. The number of hydrogen-bond acceptors (Lipinski definition) is 5. The second-order valence-corrected chi connectivity index (χ2v) is 12.0. The summed E-state index contributed by atoms with van der Waals surface area (Å²) in [4.78, 5) is 37.5. The zero-order chi connectivity index (χ0) is 28.4. The topological polar surface area (TPSA) is 87.2 Å². The van der Waals surface area contributed by atoms with Gasteiger partial charge in [-0.15, -0.1) is 0 Å². The van der Waals surface area contributed by atoms with Crippen molar-refractivity contribution >= 4 is 23.5 Å². The van der Waals surface area contributed by atoms with E-state index in [1.165, 1.54) is 12.1 Å². The molecule has 41 heavy (non-hydrogen) atoms. The van der Waals surface area contributed by atoms with Crippen molar-refractivity contribution in [2.24, 2.45) is 5.41 Å². The molecule has 2 fully saturated rings. The summed E-state index contributed by atoms with van der Waals surface area (Å²) in [6.45, 7) is 4.42. The van der Waals surface area contributed by atoms with Crippen LogP contribution in [0.2, 0.25) is 0 Å². The van der Waals surface area contributed by atoms with Gasteiger partial charge in [0.15, 0.2) is 0 Å². The van der Waals surface area contributed by atoms with Gasteiger partial charge in [0.2, 0.25) is 11.8 Å². The summed E-state index contributed by atoms with van der Waals surface area (Å²) < 4.78 is 28.4. The Morgan fingerprint density at radius 2 is 1.88 bits per heavy atom. The van der Waals surface area contributed by atoms with Crippen LogP contribution in [-0.2, 0) is 27.8 Å². The predicted molar refractivity (Wildman–Crippen MR) is 150 cm³/mol. The van der Waals surface area contributed by atoms with E-state index in [4.69, 9.17) is 4.98 Å². The van der Waals surface area contributed by atoms with E-state index < -0.39 is 17.0 Å². The molecule has 1 unspecified atom stereocenters. The monoisotopic (exact) mass is 555 g/mol. The summed E-state index contributed by atoms with van der Waals surface area (Å²) in [5.74, 6) is -0.637. The Bertz CT molecular complexity index is 1580. The number of aromatic nitrogens is 2. The number of likely N-dealkylation sites (tertiary alicyclic amines) is 1. The van der Waals surface area contributed by atoms with Gasteiger partial charge in [-0.3, -0.25) is 9.59 Å². The van der Waals surface area contributed by atoms with E-state index in [-0.39, 0.29) is 29.8 Å². The van der Waals surface area contributed by atoms with E-state index in [1.54, 1.807) is 12.3 Å². The zero-order valence-electron chi connectivity index (χ0n) is 22.7. The Morgan fingerprint density at radius 1 is 1.10 bits per heavy atom. The molecule has 0 radical (unpaired) electrons. The number of anilines is 2. The largest absolute Gasteiger partial charge is 0.358 e. The van der Waals surface area contributed by atoms with Crippen molar-refractivity contribution in [3.63, 3.8) is 0 Å². The average Bonchev–Trinajstić information content (AvgIpc) is 3.63. The summed E-state index contributed by atoms with van der Waals surface area (Å²) in [6.07, 6.45) is 8.41. The lowest BCUT2D eigenvalue weighted by atomic mass is 9.72. The molecule has 4 heterocycles. The number of carbonyl (C=O) groups excluding carboxylic acids is 2. The van der Waals surface area contributed by atoms with Crippen LogP contribution in [0.25, 0.3) is 0 Å². The molecular weight excluding hydrogens is 524 g/mol. The molecule has 1 saturated heterocycles. The van der Waals surface area contributed by atoms with Gasteiger partial charge in [-0.05, 0) is 67.5 Å². The molecule has 1 saturated carbocycles. The number of hydrogen-bond donors (Lipinski definition) is 2. The zero-order valence-corrected chi connectivity index (χ0v) is 22.7. The minimum Gasteiger partial charge on any atom is -0.358 e. The highest BCUT2D eigenvalue weighted by molar-refractivity contribution is 6.06. The molecule has 3 aromatic rings. The van der Waals surface area contributed by atoms with Gasteiger partial charge in [0.05, 0.1) is 18.0 Å². The standard InChI is InChI=1S/C32H31F2N5O2/c1-19-31(9-2-3-10-31)11-8-26(21-13-22(33)15-23(34)14-21)39(19)18-28(40)37-27-7-6-20-16-32(17-25(20)36-27)24-5-4-12-35-29(24)38-30(32)41/h4-7,12-15,26H,1-3,8-11,16-18H2,(H,35,38,41)(H,36,37,40)/t26-,32?/m0/s1. The van der Waals surface area contributed by atoms with Crippen LogP contribution in [0.4, 0.5) is 20.4 Å². The van der Waals surface area contributed by atoms with Crippen molar-refractivity contribution < 1.29 is 18.4 Å². The first-order chi connectivity index (χ1) is 19.8. The van der Waals surface area contributed by atoms with Crippen LogP contribution in [0.15, 0.2) is 60.9 Å². The normalized spacial score (nSPS) is 24.0. The number of rotatable bonds is 4. The Morgan fingerprint density at radius 3 is 2.66 bits per heavy atom. The molecule has 2 aliphatic heterocycles. The van der Waals surface area contributed by atoms with Crippen molar-refractivity contribution in [2.75, 3.05) is 17.2 Å². The fraction of sp³-hybridized carbons (Fsp3) is 0.375. The number of pyridine rings is 2. The van der Waals surface area contributed by atoms with Gasteiger partial charge >= 0.3 is 0 Å². The number of piperidine rings is 1. The molecule has 2 aromatic heterocycles. The van der Waals surface area contributed by atoms with E-state index in [2.05, 4.69) is 22.2 Å². The number of nitrogens with zero attached hydrogens (tertiary/aromatic N) is 3. The molecule has 4 aliphatic rings. The molecular formula is C32H31F2N5O2. The number of allylic oxidation sites excluding steroid dienone is 1. The minimum absolute atomic E-state index is 0.00641. The molecule has 2 spiro atoms. The van der Waals surface area contributed by atoms with Crippen molar-refractivity contribution in [1.29, 1.82) is 0 Å². The average molecular weight is 556 g/mol. The third-order valence-corrected chi connectivity index (χ3v) is 9.66. The lowest BCUT2D eigenvalue weighted by molar-refractivity contribution is -0.120. The number of fused-ring (bicyclic) bond motifs is 3. The summed E-state index contributed by atoms with van der Waals surface area (Å²) >= 11 is 0. The highest BCUT2D eigenvalue weighted by Gasteiger charge is 2.51. The molecule has 2 N–H and O–H groups in total. The van der Waals surface area contributed by atoms with Crippen LogP contribution in [-0.4, -0.2) is 33.2 Å². The van der Waals surface area contributed by atoms with Gasteiger partial charge in [-0.1, -0.05) is 31.6 Å². The van der Waals surface area contributed by atoms with Gasteiger partial charge in [0.1, 0.15) is 23.3 Å².